The molecule has 0 atom stereocenters. The van der Waals surface area contributed by atoms with Gasteiger partial charge in [-0.2, -0.15) is 5.10 Å². The molecule has 3 amide bonds. The molecule has 3 aromatic rings. The van der Waals surface area contributed by atoms with Crippen LogP contribution in [0, 0.1) is 0 Å². The molecular weight excluding hydrogens is 418 g/mol. The number of rotatable bonds is 5. The largest absolute Gasteiger partial charge is 0.339 e. The van der Waals surface area contributed by atoms with E-state index in [0.717, 1.165) is 28.8 Å². The zero-order chi connectivity index (χ0) is 22.6. The van der Waals surface area contributed by atoms with Gasteiger partial charge in [0.25, 0.3) is 0 Å². The van der Waals surface area contributed by atoms with E-state index in [0.29, 0.717) is 39.1 Å². The molecule has 0 bridgehead atoms. The molecule has 2 aliphatic heterocycles. The molecule has 4 heterocycles. The summed E-state index contributed by atoms with van der Waals surface area (Å²) in [6, 6.07) is 9.73. The number of nitrogens with zero attached hydrogens (tertiary/aromatic N) is 6. The number of aromatic nitrogens is 4. The first-order chi connectivity index (χ1) is 16.2. The van der Waals surface area contributed by atoms with Crippen LogP contribution in [0.15, 0.2) is 61.5 Å². The van der Waals surface area contributed by atoms with E-state index in [2.05, 4.69) is 26.5 Å². The van der Waals surface area contributed by atoms with Crippen LogP contribution in [0.2, 0.25) is 0 Å². The molecule has 0 saturated heterocycles. The van der Waals surface area contributed by atoms with Crippen LogP contribution in [0.4, 0.5) is 10.5 Å². The Labute approximate surface area is 191 Å². The van der Waals surface area contributed by atoms with E-state index in [1.807, 2.05) is 41.4 Å². The molecule has 0 unspecified atom stereocenters. The Morgan fingerprint density at radius 3 is 2.58 bits per heavy atom. The Bertz CT molecular complexity index is 1150. The number of fused-ring (bicyclic) bond motifs is 1. The van der Waals surface area contributed by atoms with Crippen molar-refractivity contribution in [3.63, 3.8) is 0 Å². The number of hydrogen-bond acceptors (Lipinski definition) is 5. The Morgan fingerprint density at radius 2 is 1.85 bits per heavy atom. The van der Waals surface area contributed by atoms with Crippen molar-refractivity contribution in [1.82, 2.24) is 29.5 Å². The van der Waals surface area contributed by atoms with Crippen LogP contribution >= 0.6 is 0 Å². The van der Waals surface area contributed by atoms with E-state index < -0.39 is 0 Å². The predicted octanol–water partition coefficient (Wildman–Crippen LogP) is 2.93. The van der Waals surface area contributed by atoms with E-state index >= 15 is 0 Å². The van der Waals surface area contributed by atoms with Crippen LogP contribution in [0.25, 0.3) is 5.57 Å². The van der Waals surface area contributed by atoms with Crippen molar-refractivity contribution in [1.29, 1.82) is 0 Å². The third kappa shape index (κ3) is 4.77. The minimum absolute atomic E-state index is 0.115. The third-order valence-electron chi connectivity index (χ3n) is 6.10. The summed E-state index contributed by atoms with van der Waals surface area (Å²) >= 11 is 0. The third-order valence-corrected chi connectivity index (χ3v) is 6.10. The molecule has 0 radical (unpaired) electrons. The number of benzene rings is 1. The minimum Gasteiger partial charge on any atom is -0.339 e. The maximum Gasteiger partial charge on any atom is 0.322 e. The second kappa shape index (κ2) is 9.23. The first-order valence-corrected chi connectivity index (χ1v) is 11.0. The lowest BCUT2D eigenvalue weighted by Gasteiger charge is -2.27. The molecule has 1 N–H and O–H groups in total. The molecule has 0 fully saturated rings. The minimum atomic E-state index is -0.115. The van der Waals surface area contributed by atoms with Crippen LogP contribution < -0.4 is 5.32 Å². The van der Waals surface area contributed by atoms with Crippen LogP contribution in [0.1, 0.15) is 29.5 Å². The highest BCUT2D eigenvalue weighted by Gasteiger charge is 2.23. The van der Waals surface area contributed by atoms with Gasteiger partial charge in [0.2, 0.25) is 5.91 Å². The van der Waals surface area contributed by atoms with Crippen molar-refractivity contribution >= 4 is 23.2 Å². The van der Waals surface area contributed by atoms with E-state index in [-0.39, 0.29) is 11.9 Å². The molecule has 2 aliphatic rings. The Balaban J connectivity index is 1.13. The van der Waals surface area contributed by atoms with Crippen LogP contribution in [0.5, 0.6) is 0 Å². The van der Waals surface area contributed by atoms with Gasteiger partial charge in [-0.05, 0) is 46.9 Å². The summed E-state index contributed by atoms with van der Waals surface area (Å²) in [4.78, 5) is 36.8. The van der Waals surface area contributed by atoms with Gasteiger partial charge in [0.1, 0.15) is 12.7 Å². The van der Waals surface area contributed by atoms with Crippen molar-refractivity contribution in [2.24, 2.45) is 0 Å². The van der Waals surface area contributed by atoms with Crippen molar-refractivity contribution in [2.45, 2.75) is 32.5 Å². The average molecular weight is 444 g/mol. The molecule has 0 aliphatic carbocycles. The van der Waals surface area contributed by atoms with Gasteiger partial charge in [0.05, 0.1) is 6.54 Å². The summed E-state index contributed by atoms with van der Waals surface area (Å²) in [5.74, 6) is 0.124. The van der Waals surface area contributed by atoms with Gasteiger partial charge >= 0.3 is 6.03 Å². The predicted molar refractivity (Wildman–Crippen MR) is 123 cm³/mol. The fourth-order valence-corrected chi connectivity index (χ4v) is 4.21. The number of amides is 3. The van der Waals surface area contributed by atoms with Gasteiger partial charge in [-0.1, -0.05) is 18.2 Å². The first kappa shape index (κ1) is 20.9. The zero-order valence-electron chi connectivity index (χ0n) is 18.2. The molecule has 1 aromatic carbocycles. The molecule has 9 heteroatoms. The second-order valence-corrected chi connectivity index (χ2v) is 8.24. The Hall–Kier alpha value is -4.01. The van der Waals surface area contributed by atoms with Gasteiger partial charge in [-0.3, -0.25) is 14.5 Å². The topological polar surface area (TPSA) is 96.2 Å². The van der Waals surface area contributed by atoms with E-state index in [1.165, 1.54) is 11.9 Å². The van der Waals surface area contributed by atoms with E-state index in [9.17, 15) is 9.59 Å². The van der Waals surface area contributed by atoms with Crippen molar-refractivity contribution in [3.8, 4) is 0 Å². The van der Waals surface area contributed by atoms with Gasteiger partial charge in [0.15, 0.2) is 0 Å². The number of urea groups is 1. The maximum atomic E-state index is 12.6. The zero-order valence-corrected chi connectivity index (χ0v) is 18.2. The highest BCUT2D eigenvalue weighted by atomic mass is 16.2. The van der Waals surface area contributed by atoms with Gasteiger partial charge in [-0.15, -0.1) is 0 Å². The lowest BCUT2D eigenvalue weighted by atomic mass is 9.99. The molecule has 0 spiro atoms. The number of hydrogen-bond donors (Lipinski definition) is 1. The van der Waals surface area contributed by atoms with E-state index in [4.69, 9.17) is 0 Å². The number of pyridine rings is 1. The highest BCUT2D eigenvalue weighted by molar-refractivity contribution is 5.90. The molecule has 9 nitrogen and oxygen atoms in total. The summed E-state index contributed by atoms with van der Waals surface area (Å²) in [5.41, 5.74) is 5.33. The SMILES string of the molecule is O=C(CCn1cncn1)N1CC=C(c2ccc(NC(=O)N3Cc4ccncc4C3)cc2)CC1. The Kier molecular flexibility index (Phi) is 5.84. The van der Waals surface area contributed by atoms with Crippen LogP contribution in [-0.2, 0) is 24.4 Å². The lowest BCUT2D eigenvalue weighted by Crippen LogP contribution is -2.35. The average Bonchev–Trinajstić information content (AvgIpc) is 3.53. The van der Waals surface area contributed by atoms with Crippen molar-refractivity contribution < 1.29 is 9.59 Å². The van der Waals surface area contributed by atoms with Gasteiger partial charge < -0.3 is 15.1 Å². The molecule has 2 aromatic heterocycles. The summed E-state index contributed by atoms with van der Waals surface area (Å²) in [6.45, 7) is 3.02. The van der Waals surface area contributed by atoms with Crippen LogP contribution in [-0.4, -0.2) is 54.6 Å². The van der Waals surface area contributed by atoms with Crippen molar-refractivity contribution in [2.75, 3.05) is 18.4 Å². The second-order valence-electron chi connectivity index (χ2n) is 8.24. The Morgan fingerprint density at radius 1 is 1.00 bits per heavy atom. The molecular formula is C24H25N7O2. The molecule has 168 valence electrons. The number of nitrogens with one attached hydrogen (secondary N) is 1. The smallest absolute Gasteiger partial charge is 0.322 e. The fourth-order valence-electron chi connectivity index (χ4n) is 4.21. The standard InChI is InChI=1S/C24H25N7O2/c32-23(8-12-31-17-26-16-27-31)29-10-6-19(7-11-29)18-1-3-22(4-2-18)28-24(33)30-14-20-5-9-25-13-21(20)15-30/h1-6,9,13,16-17H,7-8,10-12,14-15H2,(H,28,33). The van der Waals surface area contributed by atoms with Crippen molar-refractivity contribution in [3.05, 3.63) is 78.1 Å². The number of aryl methyl sites for hydroxylation is 1. The summed E-state index contributed by atoms with van der Waals surface area (Å²) in [6.07, 6.45) is 10.0. The molecule has 0 saturated carbocycles. The molecule has 33 heavy (non-hydrogen) atoms. The van der Waals surface area contributed by atoms with E-state index in [1.54, 1.807) is 22.1 Å². The summed E-state index contributed by atoms with van der Waals surface area (Å²) in [7, 11) is 0. The number of anilines is 1. The van der Waals surface area contributed by atoms with Gasteiger partial charge in [-0.25, -0.2) is 9.78 Å². The fraction of sp³-hybridized carbons (Fsp3) is 0.292. The normalized spacial score (nSPS) is 15.2. The van der Waals surface area contributed by atoms with Gasteiger partial charge in [0, 0.05) is 50.7 Å². The monoisotopic (exact) mass is 443 g/mol. The first-order valence-electron chi connectivity index (χ1n) is 11.0. The maximum absolute atomic E-state index is 12.6. The lowest BCUT2D eigenvalue weighted by molar-refractivity contribution is -0.131. The number of carbonyl (C=O) groups excluding carboxylic acids is 2. The summed E-state index contributed by atoms with van der Waals surface area (Å²) < 4.78 is 1.67. The van der Waals surface area contributed by atoms with Crippen LogP contribution in [0.3, 0.4) is 0 Å². The molecule has 5 rings (SSSR count). The number of carbonyl (C=O) groups is 2. The summed E-state index contributed by atoms with van der Waals surface area (Å²) in [5, 5.41) is 7.01. The highest BCUT2D eigenvalue weighted by Crippen LogP contribution is 2.25. The quantitative estimate of drug-likeness (QED) is 0.654.